The van der Waals surface area contributed by atoms with Gasteiger partial charge in [0.05, 0.1) is 24.3 Å². The summed E-state index contributed by atoms with van der Waals surface area (Å²) in [5.74, 6) is 0.600. The molecule has 104 valence electrons. The molecule has 0 radical (unpaired) electrons. The van der Waals surface area contributed by atoms with E-state index in [-0.39, 0.29) is 18.0 Å². The molecular weight excluding hydrogens is 286 g/mol. The Hall–Kier alpha value is -1.15. The number of aliphatic hydroxyl groups excluding tert-OH is 1. The molecule has 1 N–H and O–H groups in total. The number of thiophene rings is 1. The summed E-state index contributed by atoms with van der Waals surface area (Å²) in [5, 5.41) is 10.6. The van der Waals surface area contributed by atoms with Crippen LogP contribution in [0.3, 0.4) is 0 Å². The van der Waals surface area contributed by atoms with Crippen molar-refractivity contribution in [1.82, 2.24) is 4.31 Å². The van der Waals surface area contributed by atoms with Crippen molar-refractivity contribution in [2.75, 3.05) is 6.54 Å². The standard InChI is InChI=1S/C12H15NO4S2/c1-2-13(7-10-4-3-5-17-10)19(15,16)12-6-11(8-14)18-9-12/h3-6,9,14H,2,7-8H2,1H3. The first-order valence-electron chi connectivity index (χ1n) is 5.78. The maximum atomic E-state index is 12.4. The lowest BCUT2D eigenvalue weighted by atomic mass is 10.4. The van der Waals surface area contributed by atoms with Crippen LogP contribution in [0.25, 0.3) is 0 Å². The Balaban J connectivity index is 2.25. The number of hydrogen-bond acceptors (Lipinski definition) is 5. The first-order valence-corrected chi connectivity index (χ1v) is 8.10. The van der Waals surface area contributed by atoms with Crippen molar-refractivity contribution in [2.24, 2.45) is 0 Å². The van der Waals surface area contributed by atoms with Crippen LogP contribution in [-0.2, 0) is 23.2 Å². The lowest BCUT2D eigenvalue weighted by molar-refractivity contribution is 0.285. The van der Waals surface area contributed by atoms with Crippen LogP contribution in [0, 0.1) is 0 Å². The van der Waals surface area contributed by atoms with E-state index in [1.807, 2.05) is 0 Å². The summed E-state index contributed by atoms with van der Waals surface area (Å²) in [6.45, 7) is 2.19. The fourth-order valence-corrected chi connectivity index (χ4v) is 4.21. The van der Waals surface area contributed by atoms with Crippen LogP contribution in [0.15, 0.2) is 39.2 Å². The molecule has 0 saturated heterocycles. The maximum Gasteiger partial charge on any atom is 0.244 e. The lowest BCUT2D eigenvalue weighted by Gasteiger charge is -2.18. The molecular formula is C12H15NO4S2. The Labute approximate surface area is 116 Å². The molecule has 2 aromatic heterocycles. The van der Waals surface area contributed by atoms with Crippen LogP contribution in [0.5, 0.6) is 0 Å². The molecule has 2 rings (SSSR count). The molecule has 0 unspecified atom stereocenters. The lowest BCUT2D eigenvalue weighted by Crippen LogP contribution is -2.30. The number of nitrogens with zero attached hydrogens (tertiary/aromatic N) is 1. The molecule has 0 aliphatic heterocycles. The average Bonchev–Trinajstić information content (AvgIpc) is 3.06. The minimum Gasteiger partial charge on any atom is -0.468 e. The Morgan fingerprint density at radius 3 is 2.79 bits per heavy atom. The Morgan fingerprint density at radius 2 is 2.26 bits per heavy atom. The van der Waals surface area contributed by atoms with Crippen LogP contribution >= 0.6 is 11.3 Å². The number of aliphatic hydroxyl groups is 1. The van der Waals surface area contributed by atoms with Crippen LogP contribution in [0.1, 0.15) is 17.6 Å². The third-order valence-electron chi connectivity index (χ3n) is 2.69. The van der Waals surface area contributed by atoms with E-state index in [1.54, 1.807) is 24.4 Å². The zero-order valence-corrected chi connectivity index (χ0v) is 12.1. The molecule has 0 aliphatic rings. The van der Waals surface area contributed by atoms with Crippen molar-refractivity contribution >= 4 is 21.4 Å². The van der Waals surface area contributed by atoms with E-state index in [2.05, 4.69) is 0 Å². The van der Waals surface area contributed by atoms with Gasteiger partial charge in [0.25, 0.3) is 0 Å². The minimum absolute atomic E-state index is 0.148. The number of furan rings is 1. The second-order valence-electron chi connectivity index (χ2n) is 3.92. The first kappa shape index (κ1) is 14.3. The highest BCUT2D eigenvalue weighted by Gasteiger charge is 2.25. The minimum atomic E-state index is -3.54. The van der Waals surface area contributed by atoms with Gasteiger partial charge in [-0.05, 0) is 18.2 Å². The van der Waals surface area contributed by atoms with E-state index in [0.717, 1.165) is 0 Å². The van der Waals surface area contributed by atoms with E-state index < -0.39 is 10.0 Å². The number of sulfonamides is 1. The highest BCUT2D eigenvalue weighted by molar-refractivity contribution is 7.89. The zero-order chi connectivity index (χ0) is 13.9. The van der Waals surface area contributed by atoms with Gasteiger partial charge in [-0.1, -0.05) is 6.92 Å². The van der Waals surface area contributed by atoms with Gasteiger partial charge >= 0.3 is 0 Å². The summed E-state index contributed by atoms with van der Waals surface area (Å²) in [6, 6.07) is 4.97. The third-order valence-corrected chi connectivity index (χ3v) is 5.66. The molecule has 0 bridgehead atoms. The average molecular weight is 301 g/mol. The van der Waals surface area contributed by atoms with Crippen LogP contribution in [0.4, 0.5) is 0 Å². The molecule has 0 saturated carbocycles. The summed E-state index contributed by atoms with van der Waals surface area (Å²) < 4.78 is 31.4. The normalized spacial score (nSPS) is 12.2. The van der Waals surface area contributed by atoms with Crippen molar-refractivity contribution in [3.8, 4) is 0 Å². The van der Waals surface area contributed by atoms with Crippen molar-refractivity contribution in [3.05, 3.63) is 40.5 Å². The Bertz CT molecular complexity index is 616. The maximum absolute atomic E-state index is 12.4. The molecule has 0 aliphatic carbocycles. The summed E-state index contributed by atoms with van der Waals surface area (Å²) in [5.41, 5.74) is 0. The number of hydrogen-bond donors (Lipinski definition) is 1. The summed E-state index contributed by atoms with van der Waals surface area (Å²) in [6.07, 6.45) is 1.52. The topological polar surface area (TPSA) is 70.8 Å². The van der Waals surface area contributed by atoms with Gasteiger partial charge in [-0.3, -0.25) is 0 Å². The predicted octanol–water partition coefficient (Wildman–Crippen LogP) is 2.04. The summed E-state index contributed by atoms with van der Waals surface area (Å²) >= 11 is 1.23. The van der Waals surface area contributed by atoms with E-state index in [0.29, 0.717) is 17.2 Å². The van der Waals surface area contributed by atoms with Gasteiger partial charge in [0.2, 0.25) is 10.0 Å². The van der Waals surface area contributed by atoms with Gasteiger partial charge in [-0.25, -0.2) is 8.42 Å². The van der Waals surface area contributed by atoms with Gasteiger partial charge in [0.15, 0.2) is 0 Å². The van der Waals surface area contributed by atoms with Crippen molar-refractivity contribution in [3.63, 3.8) is 0 Å². The van der Waals surface area contributed by atoms with Crippen molar-refractivity contribution in [2.45, 2.75) is 25.0 Å². The molecule has 0 spiro atoms. The first-order chi connectivity index (χ1) is 9.07. The molecule has 5 nitrogen and oxygen atoms in total. The highest BCUT2D eigenvalue weighted by atomic mass is 32.2. The quantitative estimate of drug-likeness (QED) is 0.886. The summed E-state index contributed by atoms with van der Waals surface area (Å²) in [7, 11) is -3.54. The molecule has 0 atom stereocenters. The molecule has 7 heteroatoms. The second kappa shape index (κ2) is 5.87. The van der Waals surface area contributed by atoms with Gasteiger partial charge in [0, 0.05) is 16.8 Å². The molecule has 2 aromatic rings. The SMILES string of the molecule is CCN(Cc1ccco1)S(=O)(=O)c1csc(CO)c1. The predicted molar refractivity (Wildman–Crippen MR) is 72.2 cm³/mol. The van der Waals surface area contributed by atoms with Crippen LogP contribution < -0.4 is 0 Å². The highest BCUT2D eigenvalue weighted by Crippen LogP contribution is 2.24. The van der Waals surface area contributed by atoms with Crippen molar-refractivity contribution < 1.29 is 17.9 Å². The molecule has 19 heavy (non-hydrogen) atoms. The number of rotatable bonds is 6. The third kappa shape index (κ3) is 3.06. The molecule has 0 amide bonds. The fraction of sp³-hybridized carbons (Fsp3) is 0.333. The molecule has 2 heterocycles. The smallest absolute Gasteiger partial charge is 0.244 e. The molecule has 0 fully saturated rings. The largest absolute Gasteiger partial charge is 0.468 e. The summed E-state index contributed by atoms with van der Waals surface area (Å²) in [4.78, 5) is 0.850. The van der Waals surface area contributed by atoms with Gasteiger partial charge in [-0.2, -0.15) is 4.31 Å². The molecule has 0 aromatic carbocycles. The van der Waals surface area contributed by atoms with Gasteiger partial charge in [-0.15, -0.1) is 11.3 Å². The second-order valence-corrected chi connectivity index (χ2v) is 6.85. The van der Waals surface area contributed by atoms with E-state index in [1.165, 1.54) is 28.0 Å². The van der Waals surface area contributed by atoms with E-state index >= 15 is 0 Å². The van der Waals surface area contributed by atoms with Crippen LogP contribution in [0.2, 0.25) is 0 Å². The van der Waals surface area contributed by atoms with E-state index in [4.69, 9.17) is 9.52 Å². The van der Waals surface area contributed by atoms with Gasteiger partial charge in [0.1, 0.15) is 5.76 Å². The monoisotopic (exact) mass is 301 g/mol. The Morgan fingerprint density at radius 1 is 1.47 bits per heavy atom. The van der Waals surface area contributed by atoms with Crippen molar-refractivity contribution in [1.29, 1.82) is 0 Å². The van der Waals surface area contributed by atoms with E-state index in [9.17, 15) is 8.42 Å². The fourth-order valence-electron chi connectivity index (χ4n) is 1.67. The Kier molecular flexibility index (Phi) is 4.41. The van der Waals surface area contributed by atoms with Crippen LogP contribution in [-0.4, -0.2) is 24.4 Å². The zero-order valence-electron chi connectivity index (χ0n) is 10.4. The van der Waals surface area contributed by atoms with Gasteiger partial charge < -0.3 is 9.52 Å².